The molecule has 1 amide bonds. The Morgan fingerprint density at radius 3 is 2.90 bits per heavy atom. The van der Waals surface area contributed by atoms with Crippen molar-refractivity contribution in [2.75, 3.05) is 19.3 Å². The second-order valence-electron chi connectivity index (χ2n) is 4.68. The van der Waals surface area contributed by atoms with Crippen LogP contribution in [0.15, 0.2) is 16.9 Å². The Hall–Kier alpha value is -1.15. The second-order valence-corrected chi connectivity index (χ2v) is 6.73. The highest BCUT2D eigenvalue weighted by molar-refractivity contribution is 9.10. The van der Waals surface area contributed by atoms with Gasteiger partial charge in [0.15, 0.2) is 0 Å². The van der Waals surface area contributed by atoms with Crippen molar-refractivity contribution in [2.24, 2.45) is 0 Å². The van der Waals surface area contributed by atoms with Gasteiger partial charge in [0.05, 0.1) is 4.47 Å². The number of thioether (sulfide) groups is 1. The molecule has 3 heterocycles. The Kier molecular flexibility index (Phi) is 3.93. The lowest BCUT2D eigenvalue weighted by Crippen LogP contribution is -2.39. The van der Waals surface area contributed by atoms with Gasteiger partial charge < -0.3 is 4.90 Å². The van der Waals surface area contributed by atoms with E-state index >= 15 is 0 Å². The van der Waals surface area contributed by atoms with Gasteiger partial charge in [-0.2, -0.15) is 16.7 Å². The van der Waals surface area contributed by atoms with Crippen LogP contribution in [-0.4, -0.2) is 55.0 Å². The van der Waals surface area contributed by atoms with E-state index in [1.807, 2.05) is 16.7 Å². The van der Waals surface area contributed by atoms with Crippen LogP contribution in [0, 0.1) is 0 Å². The molecule has 8 heteroatoms. The molecule has 1 aliphatic heterocycles. The molecule has 0 aromatic carbocycles. The van der Waals surface area contributed by atoms with Gasteiger partial charge in [-0.3, -0.25) is 4.79 Å². The molecule has 0 spiro atoms. The Bertz CT molecular complexity index is 638. The molecular weight excluding hydrogens is 342 g/mol. The maximum atomic E-state index is 12.4. The lowest BCUT2D eigenvalue weighted by molar-refractivity contribution is 0.0715. The van der Waals surface area contributed by atoms with E-state index in [1.54, 1.807) is 12.4 Å². The van der Waals surface area contributed by atoms with E-state index in [0.29, 0.717) is 11.0 Å². The minimum atomic E-state index is -0.105. The molecule has 0 aliphatic carbocycles. The summed E-state index contributed by atoms with van der Waals surface area (Å²) in [5, 5.41) is 4.86. The fourth-order valence-electron chi connectivity index (χ4n) is 2.29. The summed E-state index contributed by atoms with van der Waals surface area (Å²) in [6, 6.07) is 0. The molecule has 0 atom stereocenters. The van der Waals surface area contributed by atoms with Gasteiger partial charge in [0.25, 0.3) is 11.7 Å². The lowest BCUT2D eigenvalue weighted by Gasteiger charge is -2.30. The van der Waals surface area contributed by atoms with Crippen molar-refractivity contribution in [3.63, 3.8) is 0 Å². The van der Waals surface area contributed by atoms with E-state index in [4.69, 9.17) is 0 Å². The van der Waals surface area contributed by atoms with Gasteiger partial charge in [-0.25, -0.2) is 9.50 Å². The number of nitrogens with zero attached hydrogens (tertiary/aromatic N) is 5. The number of aromatic nitrogens is 4. The molecule has 0 N–H and O–H groups in total. The van der Waals surface area contributed by atoms with E-state index in [-0.39, 0.29) is 11.7 Å². The van der Waals surface area contributed by atoms with Crippen molar-refractivity contribution in [2.45, 2.75) is 18.1 Å². The van der Waals surface area contributed by atoms with Crippen LogP contribution >= 0.6 is 27.7 Å². The largest absolute Gasteiger partial charge is 0.336 e. The van der Waals surface area contributed by atoms with Crippen LogP contribution in [0.25, 0.3) is 5.78 Å². The smallest absolute Gasteiger partial charge is 0.293 e. The number of piperidine rings is 1. The normalized spacial score (nSPS) is 16.8. The Morgan fingerprint density at radius 2 is 2.20 bits per heavy atom. The maximum absolute atomic E-state index is 12.4. The molecule has 0 radical (unpaired) electrons. The molecule has 2 aromatic heterocycles. The third kappa shape index (κ3) is 2.67. The second kappa shape index (κ2) is 5.69. The molecule has 106 valence electrons. The highest BCUT2D eigenvalue weighted by atomic mass is 79.9. The van der Waals surface area contributed by atoms with E-state index in [9.17, 15) is 4.79 Å². The minimum Gasteiger partial charge on any atom is -0.336 e. The monoisotopic (exact) mass is 355 g/mol. The number of amides is 1. The average Bonchev–Trinajstić information content (AvgIpc) is 2.89. The summed E-state index contributed by atoms with van der Waals surface area (Å²) in [7, 11) is 0. The SMILES string of the molecule is CSC1CCN(C(=O)c2nc3ncc(Br)cn3n2)CC1. The summed E-state index contributed by atoms with van der Waals surface area (Å²) < 4.78 is 2.32. The first-order valence-electron chi connectivity index (χ1n) is 6.37. The van der Waals surface area contributed by atoms with Crippen LogP contribution in [0.2, 0.25) is 0 Å². The summed E-state index contributed by atoms with van der Waals surface area (Å²) in [4.78, 5) is 22.5. The zero-order valence-electron chi connectivity index (χ0n) is 11.0. The predicted molar refractivity (Wildman–Crippen MR) is 80.9 cm³/mol. The van der Waals surface area contributed by atoms with Gasteiger partial charge in [0.2, 0.25) is 5.82 Å². The summed E-state index contributed by atoms with van der Waals surface area (Å²) in [5.41, 5.74) is 0. The van der Waals surface area contributed by atoms with Gasteiger partial charge in [-0.15, -0.1) is 5.10 Å². The maximum Gasteiger partial charge on any atom is 0.293 e. The fourth-order valence-corrected chi connectivity index (χ4v) is 3.26. The van der Waals surface area contributed by atoms with Crippen LogP contribution in [-0.2, 0) is 0 Å². The molecule has 1 fully saturated rings. The lowest BCUT2D eigenvalue weighted by atomic mass is 10.1. The van der Waals surface area contributed by atoms with Crippen molar-refractivity contribution < 1.29 is 4.79 Å². The topological polar surface area (TPSA) is 63.4 Å². The molecule has 2 aromatic rings. The van der Waals surface area contributed by atoms with Crippen molar-refractivity contribution in [3.8, 4) is 0 Å². The first kappa shape index (κ1) is 13.8. The molecule has 0 bridgehead atoms. The number of carbonyl (C=O) groups is 1. The quantitative estimate of drug-likeness (QED) is 0.822. The van der Waals surface area contributed by atoms with E-state index < -0.39 is 0 Å². The van der Waals surface area contributed by atoms with Crippen molar-refractivity contribution in [1.29, 1.82) is 0 Å². The number of carbonyl (C=O) groups excluding carboxylic acids is 1. The van der Waals surface area contributed by atoms with Crippen LogP contribution in [0.4, 0.5) is 0 Å². The predicted octanol–water partition coefficient (Wildman–Crippen LogP) is 1.85. The molecule has 1 saturated heterocycles. The number of fused-ring (bicyclic) bond motifs is 1. The van der Waals surface area contributed by atoms with Crippen LogP contribution in [0.1, 0.15) is 23.5 Å². The Balaban J connectivity index is 1.79. The third-order valence-electron chi connectivity index (χ3n) is 3.42. The van der Waals surface area contributed by atoms with E-state index in [1.165, 1.54) is 4.52 Å². The van der Waals surface area contributed by atoms with Gasteiger partial charge in [-0.1, -0.05) is 0 Å². The molecular formula is C12H14BrN5OS. The molecule has 0 saturated carbocycles. The zero-order valence-corrected chi connectivity index (χ0v) is 13.4. The first-order chi connectivity index (χ1) is 9.67. The number of hydrogen-bond acceptors (Lipinski definition) is 5. The molecule has 6 nitrogen and oxygen atoms in total. The van der Waals surface area contributed by atoms with Crippen molar-refractivity contribution in [3.05, 3.63) is 22.7 Å². The molecule has 1 aliphatic rings. The summed E-state index contributed by atoms with van der Waals surface area (Å²) >= 11 is 5.19. The van der Waals surface area contributed by atoms with Gasteiger partial charge in [0.1, 0.15) is 0 Å². The van der Waals surface area contributed by atoms with Crippen LogP contribution < -0.4 is 0 Å². The minimum absolute atomic E-state index is 0.105. The van der Waals surface area contributed by atoms with Gasteiger partial charge >= 0.3 is 0 Å². The van der Waals surface area contributed by atoms with Crippen molar-refractivity contribution >= 4 is 39.4 Å². The third-order valence-corrected chi connectivity index (χ3v) is 4.96. The number of likely N-dealkylation sites (tertiary alicyclic amines) is 1. The number of rotatable bonds is 2. The van der Waals surface area contributed by atoms with Gasteiger partial charge in [0, 0.05) is 30.7 Å². The highest BCUT2D eigenvalue weighted by Crippen LogP contribution is 2.21. The molecule has 20 heavy (non-hydrogen) atoms. The molecule has 3 rings (SSSR count). The highest BCUT2D eigenvalue weighted by Gasteiger charge is 2.25. The van der Waals surface area contributed by atoms with Gasteiger partial charge in [-0.05, 0) is 35.0 Å². The summed E-state index contributed by atoms with van der Waals surface area (Å²) in [6.07, 6.45) is 7.57. The number of hydrogen-bond donors (Lipinski definition) is 0. The van der Waals surface area contributed by atoms with E-state index in [2.05, 4.69) is 37.3 Å². The van der Waals surface area contributed by atoms with Crippen LogP contribution in [0.3, 0.4) is 0 Å². The Labute approximate surface area is 129 Å². The summed E-state index contributed by atoms with van der Waals surface area (Å²) in [5.74, 6) is 0.555. The summed E-state index contributed by atoms with van der Waals surface area (Å²) in [6.45, 7) is 1.55. The fraction of sp³-hybridized carbons (Fsp3) is 0.500. The number of halogens is 1. The van der Waals surface area contributed by atoms with E-state index in [0.717, 1.165) is 30.4 Å². The van der Waals surface area contributed by atoms with Crippen LogP contribution in [0.5, 0.6) is 0 Å². The van der Waals surface area contributed by atoms with Crippen molar-refractivity contribution in [1.82, 2.24) is 24.5 Å². The standard InChI is InChI=1S/C12H14BrN5OS/c1-20-9-2-4-17(5-3-9)11(19)10-15-12-14-6-8(13)7-18(12)16-10/h6-7,9H,2-5H2,1H3. The first-order valence-corrected chi connectivity index (χ1v) is 8.45. The zero-order chi connectivity index (χ0) is 14.1. The average molecular weight is 356 g/mol. The Morgan fingerprint density at radius 1 is 1.45 bits per heavy atom. The molecule has 0 unspecified atom stereocenters.